The smallest absolute Gasteiger partial charge is 0.336 e. The highest BCUT2D eigenvalue weighted by Crippen LogP contribution is 2.45. The van der Waals surface area contributed by atoms with Crippen LogP contribution in [0.25, 0.3) is 0 Å². The number of anilines is 3. The van der Waals surface area contributed by atoms with Crippen LogP contribution in [0.5, 0.6) is 0 Å². The molecular weight excluding hydrogens is 426 g/mol. The maximum absolute atomic E-state index is 12.8. The van der Waals surface area contributed by atoms with Crippen LogP contribution in [0.1, 0.15) is 29.5 Å². The van der Waals surface area contributed by atoms with E-state index in [0.717, 1.165) is 4.88 Å². The Morgan fingerprint density at radius 3 is 2.84 bits per heavy atom. The second kappa shape index (κ2) is 9.41. The Hall–Kier alpha value is -4.03. The number of fused-ring (bicyclic) bond motifs is 1. The van der Waals surface area contributed by atoms with Crippen LogP contribution in [-0.4, -0.2) is 21.8 Å². The van der Waals surface area contributed by atoms with Gasteiger partial charge in [0.25, 0.3) is 0 Å². The number of amides is 1. The van der Waals surface area contributed by atoms with Gasteiger partial charge in [0.05, 0.1) is 28.8 Å². The molecule has 3 aromatic heterocycles. The minimum atomic E-state index is -0.462. The molecule has 160 valence electrons. The summed E-state index contributed by atoms with van der Waals surface area (Å²) < 4.78 is 5.38. The van der Waals surface area contributed by atoms with E-state index < -0.39 is 5.97 Å². The second-order valence-electron chi connectivity index (χ2n) is 6.87. The van der Waals surface area contributed by atoms with Crippen LogP contribution in [0.15, 0.2) is 60.7 Å². The van der Waals surface area contributed by atoms with Crippen LogP contribution in [0.2, 0.25) is 0 Å². The zero-order valence-corrected chi connectivity index (χ0v) is 18.1. The molecule has 32 heavy (non-hydrogen) atoms. The molecule has 0 atom stereocenters. The Bertz CT molecular complexity index is 1220. The lowest BCUT2D eigenvalue weighted by Gasteiger charge is -2.20. The van der Waals surface area contributed by atoms with Crippen molar-refractivity contribution in [2.45, 2.75) is 26.4 Å². The highest BCUT2D eigenvalue weighted by atomic mass is 32.1. The number of nitrogens with one attached hydrogen (secondary N) is 1. The molecule has 3 aromatic rings. The summed E-state index contributed by atoms with van der Waals surface area (Å²) in [6.45, 7) is 1.84. The molecule has 4 heterocycles. The molecular formula is C23H19N5O3S. The van der Waals surface area contributed by atoms with Crippen LogP contribution < -0.4 is 10.2 Å². The summed E-state index contributed by atoms with van der Waals surface area (Å²) in [6, 6.07) is 11.1. The number of rotatable bonds is 6. The largest absolute Gasteiger partial charge is 0.456 e. The van der Waals surface area contributed by atoms with Crippen molar-refractivity contribution in [3.8, 4) is 6.07 Å². The predicted octanol–water partition coefficient (Wildman–Crippen LogP) is 4.08. The van der Waals surface area contributed by atoms with Crippen LogP contribution in [0.4, 0.5) is 16.4 Å². The number of carbonyl (C=O) groups excluding carboxylic acids is 2. The fraction of sp³-hybridized carbons (Fsp3) is 0.174. The standard InChI is InChI=1S/C23H19N5O3S/c1-2-20(29)28(17-7-5-8-25-13-17)22-18(11-24)21-19(32-22)10-15(12-27-21)23(30)31-14-16-6-3-4-9-26-16/h3-9,12-13,27H,2,10,14H2,1H3. The third-order valence-electron chi connectivity index (χ3n) is 4.81. The van der Waals surface area contributed by atoms with E-state index in [1.807, 2.05) is 6.07 Å². The van der Waals surface area contributed by atoms with Gasteiger partial charge in [-0.1, -0.05) is 13.0 Å². The molecule has 0 bridgehead atoms. The van der Waals surface area contributed by atoms with E-state index in [1.165, 1.54) is 16.2 Å². The molecule has 1 amide bonds. The van der Waals surface area contributed by atoms with Crippen molar-refractivity contribution in [1.82, 2.24) is 9.97 Å². The van der Waals surface area contributed by atoms with Gasteiger partial charge in [0.2, 0.25) is 5.91 Å². The summed E-state index contributed by atoms with van der Waals surface area (Å²) in [5.74, 6) is -0.618. The Morgan fingerprint density at radius 2 is 2.16 bits per heavy atom. The number of pyridine rings is 2. The average molecular weight is 446 g/mol. The molecule has 0 aliphatic carbocycles. The van der Waals surface area contributed by atoms with Crippen molar-refractivity contribution < 1.29 is 14.3 Å². The van der Waals surface area contributed by atoms with Crippen molar-refractivity contribution in [2.24, 2.45) is 0 Å². The molecule has 1 aliphatic rings. The van der Waals surface area contributed by atoms with E-state index >= 15 is 0 Å². The molecule has 0 fully saturated rings. The van der Waals surface area contributed by atoms with E-state index in [2.05, 4.69) is 21.4 Å². The number of hydrogen-bond acceptors (Lipinski definition) is 8. The van der Waals surface area contributed by atoms with Crippen molar-refractivity contribution in [1.29, 1.82) is 5.26 Å². The number of hydrogen-bond donors (Lipinski definition) is 1. The first-order chi connectivity index (χ1) is 15.6. The van der Waals surface area contributed by atoms with Crippen LogP contribution >= 0.6 is 11.3 Å². The van der Waals surface area contributed by atoms with Gasteiger partial charge in [-0.2, -0.15) is 5.26 Å². The highest BCUT2D eigenvalue weighted by Gasteiger charge is 2.30. The van der Waals surface area contributed by atoms with Gasteiger partial charge in [0, 0.05) is 36.3 Å². The fourth-order valence-corrected chi connectivity index (χ4v) is 4.52. The average Bonchev–Trinajstić information content (AvgIpc) is 3.21. The molecule has 0 spiro atoms. The second-order valence-corrected chi connectivity index (χ2v) is 7.96. The van der Waals surface area contributed by atoms with Gasteiger partial charge in [-0.05, 0) is 24.3 Å². The van der Waals surface area contributed by atoms with Gasteiger partial charge in [-0.25, -0.2) is 4.79 Å². The maximum Gasteiger partial charge on any atom is 0.336 e. The van der Waals surface area contributed by atoms with E-state index in [-0.39, 0.29) is 18.9 Å². The first-order valence-electron chi connectivity index (χ1n) is 9.93. The Balaban J connectivity index is 1.59. The van der Waals surface area contributed by atoms with Gasteiger partial charge in [0.1, 0.15) is 23.2 Å². The first-order valence-corrected chi connectivity index (χ1v) is 10.7. The van der Waals surface area contributed by atoms with E-state index in [1.54, 1.807) is 56.0 Å². The molecule has 0 aromatic carbocycles. The lowest BCUT2D eigenvalue weighted by Crippen LogP contribution is -2.24. The number of nitrogens with zero attached hydrogens (tertiary/aromatic N) is 4. The zero-order chi connectivity index (χ0) is 22.5. The molecule has 0 radical (unpaired) electrons. The van der Waals surface area contributed by atoms with Gasteiger partial charge in [-0.3, -0.25) is 19.7 Å². The van der Waals surface area contributed by atoms with Crippen LogP contribution in [0, 0.1) is 11.3 Å². The molecule has 0 unspecified atom stereocenters. The molecule has 0 saturated heterocycles. The maximum atomic E-state index is 12.8. The topological polar surface area (TPSA) is 108 Å². The minimum absolute atomic E-state index is 0.0722. The molecule has 8 nitrogen and oxygen atoms in total. The first kappa shape index (κ1) is 21.2. The lowest BCUT2D eigenvalue weighted by atomic mass is 10.1. The number of ether oxygens (including phenoxy) is 1. The predicted molar refractivity (Wildman–Crippen MR) is 120 cm³/mol. The third kappa shape index (κ3) is 4.22. The van der Waals surface area contributed by atoms with Gasteiger partial charge in [-0.15, -0.1) is 11.3 Å². The summed E-state index contributed by atoms with van der Waals surface area (Å²) in [5.41, 5.74) is 2.62. The molecule has 9 heteroatoms. The molecule has 0 saturated carbocycles. The zero-order valence-electron chi connectivity index (χ0n) is 17.2. The fourth-order valence-electron chi connectivity index (χ4n) is 3.25. The summed E-state index contributed by atoms with van der Waals surface area (Å²) in [4.78, 5) is 35.9. The summed E-state index contributed by atoms with van der Waals surface area (Å²) in [7, 11) is 0. The molecule has 4 rings (SSSR count). The van der Waals surface area contributed by atoms with Crippen molar-refractivity contribution in [3.63, 3.8) is 0 Å². The minimum Gasteiger partial charge on any atom is -0.456 e. The van der Waals surface area contributed by atoms with Gasteiger partial charge >= 0.3 is 5.97 Å². The highest BCUT2D eigenvalue weighted by molar-refractivity contribution is 7.17. The molecule has 1 aliphatic heterocycles. The van der Waals surface area contributed by atoms with Gasteiger partial charge < -0.3 is 10.1 Å². The monoisotopic (exact) mass is 445 g/mol. The van der Waals surface area contributed by atoms with Crippen molar-refractivity contribution >= 4 is 39.6 Å². The summed E-state index contributed by atoms with van der Waals surface area (Å²) >= 11 is 1.30. The van der Waals surface area contributed by atoms with E-state index in [0.29, 0.717) is 39.6 Å². The number of esters is 1. The normalized spacial score (nSPS) is 12.1. The lowest BCUT2D eigenvalue weighted by molar-refractivity contribution is -0.140. The van der Waals surface area contributed by atoms with Crippen LogP contribution in [0.3, 0.4) is 0 Å². The summed E-state index contributed by atoms with van der Waals surface area (Å²) in [6.07, 6.45) is 6.95. The number of thiophene rings is 1. The number of carbonyl (C=O) groups is 2. The number of aromatic nitrogens is 2. The van der Waals surface area contributed by atoms with Crippen molar-refractivity contribution in [2.75, 3.05) is 10.2 Å². The van der Waals surface area contributed by atoms with Gasteiger partial charge in [0.15, 0.2) is 0 Å². The molecule has 1 N–H and O–H groups in total. The third-order valence-corrected chi connectivity index (χ3v) is 5.99. The SMILES string of the molecule is CCC(=O)N(c1cccnc1)c1sc2c(c1C#N)NC=C(C(=O)OCc1ccccn1)C2. The summed E-state index contributed by atoms with van der Waals surface area (Å²) in [5, 5.41) is 13.4. The number of nitriles is 1. The Labute approximate surface area is 188 Å². The van der Waals surface area contributed by atoms with E-state index in [9.17, 15) is 14.9 Å². The Morgan fingerprint density at radius 1 is 1.28 bits per heavy atom. The quantitative estimate of drug-likeness (QED) is 0.570. The Kier molecular flexibility index (Phi) is 6.24. The van der Waals surface area contributed by atoms with Crippen molar-refractivity contribution in [3.05, 3.63) is 76.8 Å². The van der Waals surface area contributed by atoms with Crippen LogP contribution in [-0.2, 0) is 27.4 Å². The van der Waals surface area contributed by atoms with E-state index in [4.69, 9.17) is 4.74 Å².